The monoisotopic (exact) mass is 342 g/mol. The summed E-state index contributed by atoms with van der Waals surface area (Å²) >= 11 is 0. The number of fused-ring (bicyclic) bond motifs is 1. The number of hydrogen-bond acceptors (Lipinski definition) is 2. The van der Waals surface area contributed by atoms with Gasteiger partial charge in [-0.15, -0.1) is 0 Å². The molecule has 1 aliphatic rings. The number of amides is 1. The minimum absolute atomic E-state index is 0.210. The highest BCUT2D eigenvalue weighted by Gasteiger charge is 2.24. The van der Waals surface area contributed by atoms with Gasteiger partial charge in [0.2, 0.25) is 5.91 Å². The number of hydrogen-bond donors (Lipinski definition) is 0. The number of nitrogens with zero attached hydrogens (tertiary/aromatic N) is 2. The lowest BCUT2D eigenvalue weighted by Crippen LogP contribution is -2.29. The van der Waals surface area contributed by atoms with Gasteiger partial charge in [-0.25, -0.2) is 0 Å². The summed E-state index contributed by atoms with van der Waals surface area (Å²) < 4.78 is 0. The topological polar surface area (TPSA) is 33.2 Å². The van der Waals surface area contributed by atoms with Crippen LogP contribution in [0.4, 0.5) is 5.69 Å². The summed E-state index contributed by atoms with van der Waals surface area (Å²) in [5.41, 5.74) is 7.13. The third-order valence-electron chi connectivity index (χ3n) is 5.00. The lowest BCUT2D eigenvalue weighted by Gasteiger charge is -2.18. The SMILES string of the molecule is Cc1cccc(CCC(=O)N2CCc3cc(-c4ccncc4)ccc32)c1. The summed E-state index contributed by atoms with van der Waals surface area (Å²) in [6.07, 6.45) is 5.88. The van der Waals surface area contributed by atoms with Gasteiger partial charge < -0.3 is 4.90 Å². The summed E-state index contributed by atoms with van der Waals surface area (Å²) in [6, 6.07) is 18.8. The first kappa shape index (κ1) is 16.5. The Bertz CT molecular complexity index is 934. The molecule has 0 saturated carbocycles. The Morgan fingerprint density at radius 2 is 1.88 bits per heavy atom. The fourth-order valence-electron chi connectivity index (χ4n) is 3.64. The molecule has 3 aromatic rings. The van der Waals surface area contributed by atoms with Gasteiger partial charge >= 0.3 is 0 Å². The molecule has 2 aromatic carbocycles. The Hall–Kier alpha value is -2.94. The molecule has 1 amide bonds. The molecule has 1 aliphatic heterocycles. The molecule has 0 atom stereocenters. The first-order valence-corrected chi connectivity index (χ1v) is 9.10. The van der Waals surface area contributed by atoms with E-state index in [0.29, 0.717) is 6.42 Å². The van der Waals surface area contributed by atoms with Crippen LogP contribution in [0.5, 0.6) is 0 Å². The number of benzene rings is 2. The van der Waals surface area contributed by atoms with Gasteiger partial charge in [0.1, 0.15) is 0 Å². The smallest absolute Gasteiger partial charge is 0.227 e. The van der Waals surface area contributed by atoms with Gasteiger partial charge in [-0.3, -0.25) is 9.78 Å². The fraction of sp³-hybridized carbons (Fsp3) is 0.217. The lowest BCUT2D eigenvalue weighted by atomic mass is 10.0. The highest BCUT2D eigenvalue weighted by molar-refractivity contribution is 5.96. The second-order valence-electron chi connectivity index (χ2n) is 6.86. The quantitative estimate of drug-likeness (QED) is 0.695. The predicted octanol–water partition coefficient (Wildman–Crippen LogP) is 4.58. The van der Waals surface area contributed by atoms with Crippen molar-refractivity contribution in [3.05, 3.63) is 83.7 Å². The van der Waals surface area contributed by atoms with Gasteiger partial charge in [-0.05, 0) is 66.3 Å². The second kappa shape index (κ2) is 7.12. The third-order valence-corrected chi connectivity index (χ3v) is 5.00. The average Bonchev–Trinajstić information content (AvgIpc) is 3.10. The predicted molar refractivity (Wildman–Crippen MR) is 105 cm³/mol. The maximum Gasteiger partial charge on any atom is 0.227 e. The van der Waals surface area contributed by atoms with Gasteiger partial charge in [0.15, 0.2) is 0 Å². The van der Waals surface area contributed by atoms with E-state index in [4.69, 9.17) is 0 Å². The Kier molecular flexibility index (Phi) is 4.53. The van der Waals surface area contributed by atoms with Crippen molar-refractivity contribution >= 4 is 11.6 Å². The highest BCUT2D eigenvalue weighted by Crippen LogP contribution is 2.32. The van der Waals surface area contributed by atoms with E-state index in [1.54, 1.807) is 0 Å². The maximum absolute atomic E-state index is 12.7. The molecular formula is C23H22N2O. The van der Waals surface area contributed by atoms with E-state index in [-0.39, 0.29) is 5.91 Å². The Balaban J connectivity index is 1.48. The highest BCUT2D eigenvalue weighted by atomic mass is 16.2. The van der Waals surface area contributed by atoms with Crippen LogP contribution in [-0.4, -0.2) is 17.4 Å². The van der Waals surface area contributed by atoms with Gasteiger partial charge in [0.05, 0.1) is 0 Å². The molecule has 0 aliphatic carbocycles. The van der Waals surface area contributed by atoms with Crippen LogP contribution < -0.4 is 4.90 Å². The first-order chi connectivity index (χ1) is 12.7. The lowest BCUT2D eigenvalue weighted by molar-refractivity contribution is -0.118. The van der Waals surface area contributed by atoms with Crippen LogP contribution in [0, 0.1) is 6.92 Å². The van der Waals surface area contributed by atoms with E-state index in [1.807, 2.05) is 29.4 Å². The molecule has 0 spiro atoms. The molecule has 3 heteroatoms. The summed E-state index contributed by atoms with van der Waals surface area (Å²) in [5.74, 6) is 0.210. The van der Waals surface area contributed by atoms with Crippen molar-refractivity contribution in [3.63, 3.8) is 0 Å². The summed E-state index contributed by atoms with van der Waals surface area (Å²) in [7, 11) is 0. The number of carbonyl (C=O) groups excluding carboxylic acids is 1. The zero-order valence-corrected chi connectivity index (χ0v) is 15.0. The van der Waals surface area contributed by atoms with Crippen LogP contribution in [0.15, 0.2) is 67.0 Å². The van der Waals surface area contributed by atoms with Crippen LogP contribution >= 0.6 is 0 Å². The zero-order valence-electron chi connectivity index (χ0n) is 15.0. The van der Waals surface area contributed by atoms with Crippen LogP contribution in [0.1, 0.15) is 23.1 Å². The molecule has 0 fully saturated rings. The van der Waals surface area contributed by atoms with E-state index in [1.165, 1.54) is 22.3 Å². The molecule has 0 radical (unpaired) electrons. The summed E-state index contributed by atoms with van der Waals surface area (Å²) in [4.78, 5) is 18.8. The molecule has 4 rings (SSSR count). The fourth-order valence-corrected chi connectivity index (χ4v) is 3.64. The van der Waals surface area contributed by atoms with Crippen molar-refractivity contribution in [2.75, 3.05) is 11.4 Å². The van der Waals surface area contributed by atoms with Gasteiger partial charge in [-0.2, -0.15) is 0 Å². The minimum atomic E-state index is 0.210. The van der Waals surface area contributed by atoms with Crippen molar-refractivity contribution in [2.45, 2.75) is 26.2 Å². The summed E-state index contributed by atoms with van der Waals surface area (Å²) in [5, 5.41) is 0. The van der Waals surface area contributed by atoms with E-state index in [0.717, 1.165) is 30.6 Å². The molecule has 2 heterocycles. The second-order valence-corrected chi connectivity index (χ2v) is 6.86. The minimum Gasteiger partial charge on any atom is -0.312 e. The van der Waals surface area contributed by atoms with Crippen molar-refractivity contribution < 1.29 is 4.79 Å². The standard InChI is InChI=1S/C23H22N2O/c1-17-3-2-4-18(15-17)5-8-23(26)25-14-11-21-16-20(6-7-22(21)25)19-9-12-24-13-10-19/h2-4,6-7,9-10,12-13,15-16H,5,8,11,14H2,1H3. The Labute approximate surface area is 154 Å². The molecular weight excluding hydrogens is 320 g/mol. The number of pyridine rings is 1. The number of aromatic nitrogens is 1. The third kappa shape index (κ3) is 3.38. The number of aryl methyl sites for hydroxylation is 2. The number of anilines is 1. The van der Waals surface area contributed by atoms with Crippen molar-refractivity contribution in [1.29, 1.82) is 0 Å². The maximum atomic E-state index is 12.7. The number of rotatable bonds is 4. The molecule has 130 valence electrons. The number of carbonyl (C=O) groups is 1. The van der Waals surface area contributed by atoms with E-state index in [2.05, 4.69) is 54.4 Å². The molecule has 26 heavy (non-hydrogen) atoms. The van der Waals surface area contributed by atoms with Gasteiger partial charge in [0.25, 0.3) is 0 Å². The van der Waals surface area contributed by atoms with Crippen LogP contribution in [0.3, 0.4) is 0 Å². The van der Waals surface area contributed by atoms with Crippen molar-refractivity contribution in [1.82, 2.24) is 4.98 Å². The molecule has 0 saturated heterocycles. The van der Waals surface area contributed by atoms with E-state index < -0.39 is 0 Å². The van der Waals surface area contributed by atoms with Crippen LogP contribution in [0.2, 0.25) is 0 Å². The van der Waals surface area contributed by atoms with Crippen molar-refractivity contribution in [3.8, 4) is 11.1 Å². The summed E-state index contributed by atoms with van der Waals surface area (Å²) in [6.45, 7) is 2.87. The van der Waals surface area contributed by atoms with Crippen LogP contribution in [0.25, 0.3) is 11.1 Å². The van der Waals surface area contributed by atoms with Crippen LogP contribution in [-0.2, 0) is 17.6 Å². The van der Waals surface area contributed by atoms with Gasteiger partial charge in [-0.1, -0.05) is 35.9 Å². The first-order valence-electron chi connectivity index (χ1n) is 9.10. The Morgan fingerprint density at radius 3 is 2.69 bits per heavy atom. The molecule has 1 aromatic heterocycles. The normalized spacial score (nSPS) is 12.9. The zero-order chi connectivity index (χ0) is 17.9. The largest absolute Gasteiger partial charge is 0.312 e. The Morgan fingerprint density at radius 1 is 1.04 bits per heavy atom. The molecule has 3 nitrogen and oxygen atoms in total. The van der Waals surface area contributed by atoms with Gasteiger partial charge in [0, 0.05) is 31.0 Å². The van der Waals surface area contributed by atoms with Crippen molar-refractivity contribution in [2.24, 2.45) is 0 Å². The van der Waals surface area contributed by atoms with E-state index >= 15 is 0 Å². The molecule has 0 unspecified atom stereocenters. The molecule has 0 N–H and O–H groups in total. The molecule has 0 bridgehead atoms. The average molecular weight is 342 g/mol. The van der Waals surface area contributed by atoms with E-state index in [9.17, 15) is 4.79 Å².